The molecule has 7 heteroatoms. The van der Waals surface area contributed by atoms with Crippen LogP contribution in [0.5, 0.6) is 0 Å². The van der Waals surface area contributed by atoms with Crippen LogP contribution in [0.1, 0.15) is 22.9 Å². The fourth-order valence-corrected chi connectivity index (χ4v) is 8.12. The molecule has 0 saturated carbocycles. The Morgan fingerprint density at radius 2 is 1.59 bits per heavy atom. The van der Waals surface area contributed by atoms with Crippen LogP contribution in [-0.4, -0.2) is 33.9 Å². The first-order valence-corrected chi connectivity index (χ1v) is 16.8. The number of fused-ring (bicyclic) bond motifs is 5. The van der Waals surface area contributed by atoms with Gasteiger partial charge in [0.05, 0.1) is 11.0 Å². The van der Waals surface area contributed by atoms with Crippen molar-refractivity contribution in [1.82, 2.24) is 25.5 Å². The van der Waals surface area contributed by atoms with Crippen molar-refractivity contribution in [3.8, 4) is 16.8 Å². The summed E-state index contributed by atoms with van der Waals surface area (Å²) in [5, 5.41) is 13.4. The van der Waals surface area contributed by atoms with Gasteiger partial charge in [0, 0.05) is 51.6 Å². The molecule has 0 bridgehead atoms. The van der Waals surface area contributed by atoms with E-state index in [2.05, 4.69) is 123 Å². The minimum atomic E-state index is -0.211. The summed E-state index contributed by atoms with van der Waals surface area (Å²) in [5.41, 5.74) is 10.8. The zero-order valence-electron chi connectivity index (χ0n) is 25.2. The molecule has 6 aromatic rings. The van der Waals surface area contributed by atoms with Crippen LogP contribution < -0.4 is 16.0 Å². The SMILES string of the molecule is C1=CC(C2NC(c3ccc(-c4ccncc4)cc3)=NC(c3ccc(-n4c5ccccc5c5c6c(ccc54)CCS6)cc3)N2)=CCN1. The molecule has 9 rings (SSSR count). The predicted molar refractivity (Wildman–Crippen MR) is 189 cm³/mol. The summed E-state index contributed by atoms with van der Waals surface area (Å²) in [4.78, 5) is 10.8. The van der Waals surface area contributed by atoms with Gasteiger partial charge in [-0.05, 0) is 82.9 Å². The lowest BCUT2D eigenvalue weighted by atomic mass is 10.0. The summed E-state index contributed by atoms with van der Waals surface area (Å²) in [5.74, 6) is 2.04. The van der Waals surface area contributed by atoms with Crippen LogP contribution in [0.3, 0.4) is 0 Å². The quantitative estimate of drug-likeness (QED) is 0.187. The van der Waals surface area contributed by atoms with Crippen molar-refractivity contribution in [3.63, 3.8) is 0 Å². The summed E-state index contributed by atoms with van der Waals surface area (Å²) < 4.78 is 2.41. The Morgan fingerprint density at radius 3 is 2.41 bits per heavy atom. The van der Waals surface area contributed by atoms with Gasteiger partial charge in [0.1, 0.15) is 18.2 Å². The Balaban J connectivity index is 1.09. The maximum Gasteiger partial charge on any atom is 0.131 e. The number of thioether (sulfide) groups is 1. The van der Waals surface area contributed by atoms with Gasteiger partial charge in [-0.2, -0.15) is 0 Å². The van der Waals surface area contributed by atoms with Crippen molar-refractivity contribution in [2.24, 2.45) is 4.99 Å². The van der Waals surface area contributed by atoms with E-state index in [-0.39, 0.29) is 12.3 Å². The van der Waals surface area contributed by atoms with Crippen LogP contribution in [0.2, 0.25) is 0 Å². The van der Waals surface area contributed by atoms with Crippen LogP contribution in [0.4, 0.5) is 0 Å². The summed E-state index contributed by atoms with van der Waals surface area (Å²) in [6.07, 6.45) is 10.9. The molecule has 46 heavy (non-hydrogen) atoms. The molecule has 0 amide bonds. The maximum atomic E-state index is 5.21. The van der Waals surface area contributed by atoms with Gasteiger partial charge in [0.15, 0.2) is 0 Å². The highest BCUT2D eigenvalue weighted by atomic mass is 32.2. The Bertz CT molecular complexity index is 2180. The highest BCUT2D eigenvalue weighted by molar-refractivity contribution is 7.99. The number of para-hydroxylation sites is 1. The molecule has 0 saturated heterocycles. The van der Waals surface area contributed by atoms with E-state index in [1.165, 1.54) is 37.8 Å². The predicted octanol–water partition coefficient (Wildman–Crippen LogP) is 7.50. The Hall–Kier alpha value is -5.11. The van der Waals surface area contributed by atoms with E-state index >= 15 is 0 Å². The van der Waals surface area contributed by atoms with Crippen LogP contribution in [0.25, 0.3) is 38.6 Å². The lowest BCUT2D eigenvalue weighted by Gasteiger charge is -2.33. The normalized spacial score (nSPS) is 19.0. The van der Waals surface area contributed by atoms with Crippen molar-refractivity contribution in [1.29, 1.82) is 0 Å². The van der Waals surface area contributed by atoms with Crippen LogP contribution in [0, 0.1) is 0 Å². The molecule has 0 aliphatic carbocycles. The standard InChI is InChI=1S/C39H32N6S/c1-2-4-33-32(3-1)35-34(14-11-27-19-24-46-36(27)35)45(33)31-12-9-29(10-13-31)38-42-37(43-39(44-38)30-17-22-41-23-18-30)28-7-5-25(6-8-28)26-15-20-40-21-16-26/h1-18,20-22,38-39,41,44H,19,23-24H2,(H,42,43). The van der Waals surface area contributed by atoms with Gasteiger partial charge in [0.25, 0.3) is 0 Å². The largest absolute Gasteiger partial charge is 0.387 e. The molecule has 2 aromatic heterocycles. The molecular weight excluding hydrogens is 585 g/mol. The van der Waals surface area contributed by atoms with Crippen molar-refractivity contribution in [2.75, 3.05) is 12.3 Å². The van der Waals surface area contributed by atoms with E-state index < -0.39 is 0 Å². The first-order valence-electron chi connectivity index (χ1n) is 15.8. The fraction of sp³-hybridized carbons (Fsp3) is 0.128. The highest BCUT2D eigenvalue weighted by Gasteiger charge is 2.27. The third kappa shape index (κ3) is 4.71. The topological polar surface area (TPSA) is 66.3 Å². The maximum absolute atomic E-state index is 5.21. The number of nitrogens with zero attached hydrogens (tertiary/aromatic N) is 3. The number of hydrogen-bond donors (Lipinski definition) is 3. The zero-order chi connectivity index (χ0) is 30.5. The number of nitrogens with one attached hydrogen (secondary N) is 3. The molecule has 6 nitrogen and oxygen atoms in total. The van der Waals surface area contributed by atoms with Gasteiger partial charge < -0.3 is 15.2 Å². The number of aromatic nitrogens is 2. The van der Waals surface area contributed by atoms with Crippen molar-refractivity contribution < 1.29 is 0 Å². The van der Waals surface area contributed by atoms with Crippen molar-refractivity contribution >= 4 is 39.4 Å². The fourth-order valence-electron chi connectivity index (χ4n) is 6.88. The third-order valence-electron chi connectivity index (χ3n) is 9.18. The lowest BCUT2D eigenvalue weighted by molar-refractivity contribution is 0.440. The molecule has 3 aliphatic heterocycles. The van der Waals surface area contributed by atoms with E-state index in [1.807, 2.05) is 42.5 Å². The monoisotopic (exact) mass is 616 g/mol. The number of hydrogen-bond acceptors (Lipinski definition) is 6. The number of rotatable bonds is 5. The number of benzene rings is 4. The Morgan fingerprint density at radius 1 is 0.783 bits per heavy atom. The van der Waals surface area contributed by atoms with Gasteiger partial charge in [0.2, 0.25) is 0 Å². The highest BCUT2D eigenvalue weighted by Crippen LogP contribution is 2.43. The first-order chi connectivity index (χ1) is 22.8. The molecule has 2 unspecified atom stereocenters. The molecule has 3 N–H and O–H groups in total. The zero-order valence-corrected chi connectivity index (χ0v) is 26.0. The number of pyridine rings is 1. The number of amidine groups is 1. The summed E-state index contributed by atoms with van der Waals surface area (Å²) in [6, 6.07) is 35.0. The molecule has 2 atom stereocenters. The van der Waals surface area contributed by atoms with Crippen LogP contribution >= 0.6 is 11.8 Å². The molecule has 4 aromatic carbocycles. The Kier molecular flexibility index (Phi) is 6.72. The second-order valence-electron chi connectivity index (χ2n) is 11.9. The van der Waals surface area contributed by atoms with Crippen LogP contribution in [0.15, 0.2) is 143 Å². The van der Waals surface area contributed by atoms with E-state index in [0.29, 0.717) is 0 Å². The molecule has 0 fully saturated rings. The first kappa shape index (κ1) is 27.2. The molecule has 3 aliphatic rings. The second-order valence-corrected chi connectivity index (χ2v) is 13.0. The lowest BCUT2D eigenvalue weighted by Crippen LogP contribution is -2.52. The summed E-state index contributed by atoms with van der Waals surface area (Å²) in [6.45, 7) is 0.804. The Labute approximate surface area is 272 Å². The second kappa shape index (κ2) is 11.4. The van der Waals surface area contributed by atoms with E-state index in [1.54, 1.807) is 0 Å². The third-order valence-corrected chi connectivity index (χ3v) is 10.3. The molecule has 5 heterocycles. The van der Waals surface area contributed by atoms with E-state index in [9.17, 15) is 0 Å². The van der Waals surface area contributed by atoms with Gasteiger partial charge in [-0.3, -0.25) is 10.3 Å². The minimum absolute atomic E-state index is 0.0765. The number of aliphatic imine (C=N–C) groups is 1. The number of dihydropyridines is 1. The van der Waals surface area contributed by atoms with Crippen LogP contribution in [-0.2, 0) is 6.42 Å². The van der Waals surface area contributed by atoms with E-state index in [4.69, 9.17) is 4.99 Å². The van der Waals surface area contributed by atoms with E-state index in [0.717, 1.165) is 52.5 Å². The average Bonchev–Trinajstić information content (AvgIpc) is 3.75. The molecule has 0 radical (unpaired) electrons. The van der Waals surface area contributed by atoms with Crippen molar-refractivity contribution in [3.05, 3.63) is 150 Å². The smallest absolute Gasteiger partial charge is 0.131 e. The summed E-state index contributed by atoms with van der Waals surface area (Å²) in [7, 11) is 0. The molecule has 224 valence electrons. The van der Waals surface area contributed by atoms with Gasteiger partial charge >= 0.3 is 0 Å². The minimum Gasteiger partial charge on any atom is -0.387 e. The summed E-state index contributed by atoms with van der Waals surface area (Å²) >= 11 is 1.99. The molecule has 0 spiro atoms. The molecular formula is C39H32N6S. The van der Waals surface area contributed by atoms with Gasteiger partial charge in [-0.25, -0.2) is 4.99 Å². The average molecular weight is 617 g/mol. The van der Waals surface area contributed by atoms with Gasteiger partial charge in [-0.1, -0.05) is 66.7 Å². The van der Waals surface area contributed by atoms with Gasteiger partial charge in [-0.15, -0.1) is 11.8 Å². The number of aryl methyl sites for hydroxylation is 1. The van der Waals surface area contributed by atoms with Crippen molar-refractivity contribution in [2.45, 2.75) is 23.6 Å².